The van der Waals surface area contributed by atoms with E-state index in [0.717, 1.165) is 17.0 Å². The second-order valence-corrected chi connectivity index (χ2v) is 3.53. The van der Waals surface area contributed by atoms with Crippen LogP contribution in [0.1, 0.15) is 19.2 Å². The van der Waals surface area contributed by atoms with Crippen LogP contribution in [-0.2, 0) is 18.3 Å². The highest BCUT2D eigenvalue weighted by atomic mass is 16.1. The smallest absolute Gasteiger partial charge is 0.182 e. The fourth-order valence-corrected chi connectivity index (χ4v) is 1.49. The van der Waals surface area contributed by atoms with E-state index < -0.39 is 0 Å². The minimum atomic E-state index is 0.174. The largest absolute Gasteiger partial charge is 0.314 e. The van der Waals surface area contributed by atoms with Gasteiger partial charge in [-0.05, 0) is 13.0 Å². The van der Waals surface area contributed by atoms with E-state index in [2.05, 4.69) is 15.2 Å². The summed E-state index contributed by atoms with van der Waals surface area (Å²) in [5, 5.41) is 7.80. The zero-order valence-corrected chi connectivity index (χ0v) is 8.77. The van der Waals surface area contributed by atoms with Gasteiger partial charge in [-0.3, -0.25) is 0 Å². The summed E-state index contributed by atoms with van der Waals surface area (Å²) < 4.78 is 1.88. The minimum absolute atomic E-state index is 0.174. The number of hydrogen-bond acceptors (Lipinski definition) is 4. The zero-order valence-electron chi connectivity index (χ0n) is 8.77. The molecule has 0 aliphatic rings. The second kappa shape index (κ2) is 3.76. The van der Waals surface area contributed by atoms with Crippen LogP contribution >= 0.6 is 0 Å². The van der Waals surface area contributed by atoms with Gasteiger partial charge in [0.1, 0.15) is 17.1 Å². The summed E-state index contributed by atoms with van der Waals surface area (Å²) in [7, 11) is 1.89. The van der Waals surface area contributed by atoms with Crippen molar-refractivity contribution in [3.63, 3.8) is 0 Å². The third-order valence-corrected chi connectivity index (χ3v) is 2.34. The quantitative estimate of drug-likeness (QED) is 0.744. The molecule has 5 heteroatoms. The highest BCUT2D eigenvalue weighted by molar-refractivity contribution is 5.76. The van der Waals surface area contributed by atoms with Crippen molar-refractivity contribution in [1.82, 2.24) is 19.7 Å². The Labute approximate surface area is 87.1 Å². The number of ketones is 1. The molecule has 0 saturated heterocycles. The van der Waals surface area contributed by atoms with Crippen LogP contribution in [0.15, 0.2) is 12.3 Å². The van der Waals surface area contributed by atoms with Gasteiger partial charge in [0.25, 0.3) is 0 Å². The number of fused-ring (bicyclic) bond motifs is 1. The van der Waals surface area contributed by atoms with Crippen molar-refractivity contribution in [2.75, 3.05) is 0 Å². The summed E-state index contributed by atoms with van der Waals surface area (Å²) in [5.74, 6) is 1.05. The molecule has 0 aliphatic heterocycles. The fraction of sp³-hybridized carbons (Fsp3) is 0.400. The molecule has 2 heterocycles. The Bertz CT molecular complexity index is 503. The van der Waals surface area contributed by atoms with Crippen LogP contribution in [0.2, 0.25) is 0 Å². The van der Waals surface area contributed by atoms with Crippen molar-refractivity contribution in [2.45, 2.75) is 19.8 Å². The predicted molar refractivity (Wildman–Crippen MR) is 55.3 cm³/mol. The van der Waals surface area contributed by atoms with Gasteiger partial charge in [-0.25, -0.2) is 4.98 Å². The molecule has 0 aliphatic carbocycles. The molecular formula is C10H12N4O. The fourth-order valence-electron chi connectivity index (χ4n) is 1.49. The molecule has 0 saturated carbocycles. The summed E-state index contributed by atoms with van der Waals surface area (Å²) in [6.45, 7) is 1.59. The maximum absolute atomic E-state index is 10.9. The number of Topliss-reactive ketones (excluding diaryl/α,β-unsaturated/α-hetero) is 1. The van der Waals surface area contributed by atoms with Crippen molar-refractivity contribution in [3.05, 3.63) is 18.1 Å². The number of nitrogens with zero attached hydrogens (tertiary/aromatic N) is 4. The third-order valence-electron chi connectivity index (χ3n) is 2.34. The highest BCUT2D eigenvalue weighted by Crippen LogP contribution is 2.11. The molecule has 5 nitrogen and oxygen atoms in total. The summed E-state index contributed by atoms with van der Waals surface area (Å²) in [6, 6.07) is 1.82. The molecule has 0 amide bonds. The Hall–Kier alpha value is -1.78. The van der Waals surface area contributed by atoms with E-state index in [1.54, 1.807) is 13.1 Å². The molecule has 0 atom stereocenters. The maximum Gasteiger partial charge on any atom is 0.182 e. The molecule has 0 unspecified atom stereocenters. The molecule has 0 aromatic carbocycles. The van der Waals surface area contributed by atoms with E-state index >= 15 is 0 Å². The predicted octanol–water partition coefficient (Wildman–Crippen LogP) is 0.885. The average molecular weight is 204 g/mol. The first-order valence-electron chi connectivity index (χ1n) is 4.81. The third kappa shape index (κ3) is 1.86. The van der Waals surface area contributed by atoms with Crippen LogP contribution in [0.5, 0.6) is 0 Å². The summed E-state index contributed by atoms with van der Waals surface area (Å²) in [6.07, 6.45) is 2.79. The maximum atomic E-state index is 10.9. The average Bonchev–Trinajstić information content (AvgIpc) is 2.54. The normalized spacial score (nSPS) is 10.8. The monoisotopic (exact) mass is 204 g/mol. The van der Waals surface area contributed by atoms with Gasteiger partial charge in [-0.2, -0.15) is 5.10 Å². The Morgan fingerprint density at radius 2 is 2.33 bits per heavy atom. The van der Waals surface area contributed by atoms with Crippen molar-refractivity contribution in [3.8, 4) is 0 Å². The molecule has 0 radical (unpaired) electrons. The first-order valence-corrected chi connectivity index (χ1v) is 4.81. The van der Waals surface area contributed by atoms with Crippen LogP contribution in [0.25, 0.3) is 11.2 Å². The van der Waals surface area contributed by atoms with Crippen molar-refractivity contribution < 1.29 is 4.79 Å². The van der Waals surface area contributed by atoms with Crippen LogP contribution in [0.4, 0.5) is 0 Å². The Morgan fingerprint density at radius 1 is 1.53 bits per heavy atom. The molecular weight excluding hydrogens is 192 g/mol. The lowest BCUT2D eigenvalue weighted by molar-refractivity contribution is -0.117. The number of aromatic nitrogens is 4. The van der Waals surface area contributed by atoms with E-state index in [1.165, 1.54) is 0 Å². The molecule has 0 fully saturated rings. The number of aryl methyl sites for hydroxylation is 2. The lowest BCUT2D eigenvalue weighted by atomic mass is 10.2. The lowest BCUT2D eigenvalue weighted by Gasteiger charge is -1.98. The van der Waals surface area contributed by atoms with Crippen LogP contribution < -0.4 is 0 Å². The molecule has 15 heavy (non-hydrogen) atoms. The van der Waals surface area contributed by atoms with Crippen molar-refractivity contribution in [2.24, 2.45) is 7.05 Å². The number of imidazole rings is 1. The SMILES string of the molecule is CC(=O)CCc1nc2ccnnc2n1C. The topological polar surface area (TPSA) is 60.7 Å². The van der Waals surface area contributed by atoms with Gasteiger partial charge in [0, 0.05) is 19.9 Å². The first-order chi connectivity index (χ1) is 7.18. The molecule has 2 aromatic heterocycles. The van der Waals surface area contributed by atoms with Gasteiger partial charge >= 0.3 is 0 Å². The second-order valence-electron chi connectivity index (χ2n) is 3.53. The molecule has 0 spiro atoms. The van der Waals surface area contributed by atoms with Crippen LogP contribution in [0.3, 0.4) is 0 Å². The van der Waals surface area contributed by atoms with Gasteiger partial charge < -0.3 is 9.36 Å². The zero-order chi connectivity index (χ0) is 10.8. The number of carbonyl (C=O) groups is 1. The Kier molecular flexibility index (Phi) is 2.45. The van der Waals surface area contributed by atoms with E-state index in [1.807, 2.05) is 17.7 Å². The summed E-state index contributed by atoms with van der Waals surface area (Å²) >= 11 is 0. The van der Waals surface area contributed by atoms with Gasteiger partial charge in [0.05, 0.1) is 6.20 Å². The number of carbonyl (C=O) groups excluding carboxylic acids is 1. The van der Waals surface area contributed by atoms with E-state index in [9.17, 15) is 4.79 Å². The van der Waals surface area contributed by atoms with E-state index in [-0.39, 0.29) is 5.78 Å². The first kappa shape index (κ1) is 9.76. The molecule has 0 N–H and O–H groups in total. The van der Waals surface area contributed by atoms with E-state index in [0.29, 0.717) is 12.8 Å². The van der Waals surface area contributed by atoms with Crippen molar-refractivity contribution in [1.29, 1.82) is 0 Å². The van der Waals surface area contributed by atoms with Gasteiger partial charge in [0.15, 0.2) is 5.65 Å². The van der Waals surface area contributed by atoms with Gasteiger partial charge in [0.2, 0.25) is 0 Å². The highest BCUT2D eigenvalue weighted by Gasteiger charge is 2.08. The van der Waals surface area contributed by atoms with Crippen LogP contribution in [0, 0.1) is 0 Å². The standard InChI is InChI=1S/C10H12N4O/c1-7(15)3-4-9-12-8-5-6-11-13-10(8)14(9)2/h5-6H,3-4H2,1-2H3. The number of hydrogen-bond donors (Lipinski definition) is 0. The van der Waals surface area contributed by atoms with Gasteiger partial charge in [-0.15, -0.1) is 5.10 Å². The lowest BCUT2D eigenvalue weighted by Crippen LogP contribution is -2.02. The van der Waals surface area contributed by atoms with Crippen LogP contribution in [-0.4, -0.2) is 25.5 Å². The van der Waals surface area contributed by atoms with Crippen molar-refractivity contribution >= 4 is 16.9 Å². The molecule has 2 aromatic rings. The molecule has 0 bridgehead atoms. The summed E-state index contributed by atoms with van der Waals surface area (Å²) in [5.41, 5.74) is 1.59. The molecule has 78 valence electrons. The summed E-state index contributed by atoms with van der Waals surface area (Å²) in [4.78, 5) is 15.3. The Balaban J connectivity index is 2.36. The van der Waals surface area contributed by atoms with E-state index in [4.69, 9.17) is 0 Å². The Morgan fingerprint density at radius 3 is 3.00 bits per heavy atom. The minimum Gasteiger partial charge on any atom is -0.314 e. The number of rotatable bonds is 3. The molecule has 2 rings (SSSR count). The van der Waals surface area contributed by atoms with Gasteiger partial charge in [-0.1, -0.05) is 0 Å².